The number of alkyl halides is 1. The van der Waals surface area contributed by atoms with Gasteiger partial charge in [-0.3, -0.25) is 4.90 Å². The third kappa shape index (κ3) is 3.21. The lowest BCUT2D eigenvalue weighted by Gasteiger charge is -2.30. The number of piperidine rings is 1. The van der Waals surface area contributed by atoms with Gasteiger partial charge < -0.3 is 5.32 Å². The topological polar surface area (TPSA) is 15.3 Å². The van der Waals surface area contributed by atoms with Crippen molar-refractivity contribution in [1.29, 1.82) is 0 Å². The molecule has 0 amide bonds. The van der Waals surface area contributed by atoms with Crippen molar-refractivity contribution >= 4 is 0 Å². The SMILES string of the molecule is CC.FC1CCN(C2CCNCC2)C1. The Morgan fingerprint density at radius 1 is 1.14 bits per heavy atom. The van der Waals surface area contributed by atoms with E-state index in [0.29, 0.717) is 12.6 Å². The van der Waals surface area contributed by atoms with Gasteiger partial charge in [0.15, 0.2) is 0 Å². The minimum atomic E-state index is -0.556. The Hall–Kier alpha value is -0.150. The molecule has 14 heavy (non-hydrogen) atoms. The number of rotatable bonds is 1. The lowest BCUT2D eigenvalue weighted by molar-refractivity contribution is 0.184. The summed E-state index contributed by atoms with van der Waals surface area (Å²) in [5.74, 6) is 0. The van der Waals surface area contributed by atoms with Crippen molar-refractivity contribution in [1.82, 2.24) is 10.2 Å². The van der Waals surface area contributed by atoms with Crippen LogP contribution in [0.15, 0.2) is 0 Å². The second-order valence-electron chi connectivity index (χ2n) is 3.86. The summed E-state index contributed by atoms with van der Waals surface area (Å²) >= 11 is 0. The van der Waals surface area contributed by atoms with E-state index in [-0.39, 0.29) is 0 Å². The summed E-state index contributed by atoms with van der Waals surface area (Å²) in [4.78, 5) is 2.32. The highest BCUT2D eigenvalue weighted by Crippen LogP contribution is 2.19. The van der Waals surface area contributed by atoms with E-state index in [4.69, 9.17) is 0 Å². The molecular formula is C11H23FN2. The standard InChI is InChI=1S/C9H17FN2.C2H6/c10-8-3-6-12(7-8)9-1-4-11-5-2-9;1-2/h8-9,11H,1-7H2;1-2H3. The molecule has 3 heteroatoms. The number of likely N-dealkylation sites (tertiary alicyclic amines) is 1. The minimum absolute atomic E-state index is 0.556. The Kier molecular flexibility index (Phi) is 5.41. The molecule has 1 unspecified atom stereocenters. The van der Waals surface area contributed by atoms with Crippen LogP contribution in [0.4, 0.5) is 4.39 Å². The zero-order valence-electron chi connectivity index (χ0n) is 9.43. The third-order valence-electron chi connectivity index (χ3n) is 2.99. The first-order chi connectivity index (χ1) is 6.86. The predicted octanol–water partition coefficient (Wildman–Crippen LogP) is 1.81. The van der Waals surface area contributed by atoms with Gasteiger partial charge in [-0.1, -0.05) is 13.8 Å². The molecule has 2 rings (SSSR count). The molecule has 2 nitrogen and oxygen atoms in total. The zero-order chi connectivity index (χ0) is 10.4. The van der Waals surface area contributed by atoms with Gasteiger partial charge in [-0.15, -0.1) is 0 Å². The van der Waals surface area contributed by atoms with E-state index in [1.807, 2.05) is 13.8 Å². The molecule has 84 valence electrons. The Balaban J connectivity index is 0.000000461. The number of hydrogen-bond donors (Lipinski definition) is 1. The van der Waals surface area contributed by atoms with Gasteiger partial charge in [0.05, 0.1) is 0 Å². The van der Waals surface area contributed by atoms with Crippen LogP contribution >= 0.6 is 0 Å². The van der Waals surface area contributed by atoms with Crippen LogP contribution in [0.25, 0.3) is 0 Å². The molecule has 0 saturated carbocycles. The highest BCUT2D eigenvalue weighted by Gasteiger charge is 2.28. The summed E-state index contributed by atoms with van der Waals surface area (Å²) < 4.78 is 12.9. The molecule has 0 aromatic carbocycles. The van der Waals surface area contributed by atoms with Gasteiger partial charge in [-0.25, -0.2) is 4.39 Å². The molecule has 2 fully saturated rings. The molecule has 0 spiro atoms. The van der Waals surface area contributed by atoms with Crippen LogP contribution in [0.3, 0.4) is 0 Å². The molecule has 2 saturated heterocycles. The third-order valence-corrected chi connectivity index (χ3v) is 2.99. The number of nitrogens with one attached hydrogen (secondary N) is 1. The van der Waals surface area contributed by atoms with Crippen molar-refractivity contribution in [3.63, 3.8) is 0 Å². The fourth-order valence-electron chi connectivity index (χ4n) is 2.25. The first-order valence-corrected chi connectivity index (χ1v) is 5.95. The van der Waals surface area contributed by atoms with Gasteiger partial charge in [0.25, 0.3) is 0 Å². The van der Waals surface area contributed by atoms with Gasteiger partial charge in [-0.05, 0) is 32.4 Å². The lowest BCUT2D eigenvalue weighted by atomic mass is 10.1. The normalized spacial score (nSPS) is 29.8. The molecule has 2 heterocycles. The average Bonchev–Trinajstić information content (AvgIpc) is 2.69. The van der Waals surface area contributed by atoms with E-state index in [1.165, 1.54) is 12.8 Å². The van der Waals surface area contributed by atoms with Gasteiger partial charge in [0.2, 0.25) is 0 Å². The number of hydrogen-bond acceptors (Lipinski definition) is 2. The average molecular weight is 202 g/mol. The molecule has 0 aromatic heterocycles. The maximum atomic E-state index is 12.9. The van der Waals surface area contributed by atoms with E-state index in [9.17, 15) is 4.39 Å². The van der Waals surface area contributed by atoms with Crippen molar-refractivity contribution < 1.29 is 4.39 Å². The Morgan fingerprint density at radius 2 is 1.79 bits per heavy atom. The van der Waals surface area contributed by atoms with Crippen LogP contribution in [-0.2, 0) is 0 Å². The predicted molar refractivity (Wildman–Crippen MR) is 58.3 cm³/mol. The van der Waals surface area contributed by atoms with Crippen LogP contribution in [0.2, 0.25) is 0 Å². The van der Waals surface area contributed by atoms with Gasteiger partial charge in [0, 0.05) is 19.1 Å². The number of halogens is 1. The largest absolute Gasteiger partial charge is 0.317 e. The summed E-state index contributed by atoms with van der Waals surface area (Å²) in [6.07, 6.45) is 2.60. The van der Waals surface area contributed by atoms with E-state index in [0.717, 1.165) is 26.1 Å². The smallest absolute Gasteiger partial charge is 0.114 e. The molecule has 0 bridgehead atoms. The summed E-state index contributed by atoms with van der Waals surface area (Å²) in [5, 5.41) is 3.33. The Morgan fingerprint density at radius 3 is 2.29 bits per heavy atom. The quantitative estimate of drug-likeness (QED) is 0.697. The number of nitrogens with zero attached hydrogens (tertiary/aromatic N) is 1. The van der Waals surface area contributed by atoms with Crippen molar-refractivity contribution in [2.75, 3.05) is 26.2 Å². The van der Waals surface area contributed by atoms with Crippen LogP contribution in [0.5, 0.6) is 0 Å². The lowest BCUT2D eigenvalue weighted by Crippen LogP contribution is -2.42. The molecule has 1 atom stereocenters. The zero-order valence-corrected chi connectivity index (χ0v) is 9.43. The summed E-state index contributed by atoms with van der Waals surface area (Å²) in [6, 6.07) is 0.659. The molecule has 1 N–H and O–H groups in total. The van der Waals surface area contributed by atoms with Gasteiger partial charge in [0.1, 0.15) is 6.17 Å². The summed E-state index contributed by atoms with van der Waals surface area (Å²) in [5.41, 5.74) is 0. The fraction of sp³-hybridized carbons (Fsp3) is 1.00. The molecule has 0 radical (unpaired) electrons. The first kappa shape index (κ1) is 11.9. The summed E-state index contributed by atoms with van der Waals surface area (Å²) in [6.45, 7) is 7.88. The van der Waals surface area contributed by atoms with E-state index >= 15 is 0 Å². The van der Waals surface area contributed by atoms with E-state index in [2.05, 4.69) is 10.2 Å². The van der Waals surface area contributed by atoms with Crippen LogP contribution < -0.4 is 5.32 Å². The first-order valence-electron chi connectivity index (χ1n) is 5.95. The van der Waals surface area contributed by atoms with E-state index < -0.39 is 6.17 Å². The van der Waals surface area contributed by atoms with Crippen LogP contribution in [-0.4, -0.2) is 43.3 Å². The molecule has 0 aromatic rings. The van der Waals surface area contributed by atoms with Gasteiger partial charge in [-0.2, -0.15) is 0 Å². The maximum absolute atomic E-state index is 12.9. The molecule has 0 aliphatic carbocycles. The van der Waals surface area contributed by atoms with E-state index in [1.54, 1.807) is 0 Å². The molecular weight excluding hydrogens is 179 g/mol. The highest BCUT2D eigenvalue weighted by atomic mass is 19.1. The Bertz CT molecular complexity index is 143. The highest BCUT2D eigenvalue weighted by molar-refractivity contribution is 4.84. The van der Waals surface area contributed by atoms with Crippen molar-refractivity contribution in [3.8, 4) is 0 Å². The van der Waals surface area contributed by atoms with Gasteiger partial charge >= 0.3 is 0 Å². The molecule has 2 aliphatic heterocycles. The second-order valence-corrected chi connectivity index (χ2v) is 3.86. The molecule has 2 aliphatic rings. The second kappa shape index (κ2) is 6.36. The maximum Gasteiger partial charge on any atom is 0.114 e. The summed E-state index contributed by atoms with van der Waals surface area (Å²) in [7, 11) is 0. The van der Waals surface area contributed by atoms with Crippen molar-refractivity contribution in [2.45, 2.75) is 45.3 Å². The Labute approximate surface area is 86.9 Å². The monoisotopic (exact) mass is 202 g/mol. The van der Waals surface area contributed by atoms with Crippen molar-refractivity contribution in [2.24, 2.45) is 0 Å². The van der Waals surface area contributed by atoms with Crippen LogP contribution in [0.1, 0.15) is 33.1 Å². The van der Waals surface area contributed by atoms with Crippen molar-refractivity contribution in [3.05, 3.63) is 0 Å². The van der Waals surface area contributed by atoms with Crippen LogP contribution in [0, 0.1) is 0 Å². The minimum Gasteiger partial charge on any atom is -0.317 e. The fourth-order valence-corrected chi connectivity index (χ4v) is 2.25.